The molecule has 1 aliphatic rings. The van der Waals surface area contributed by atoms with Crippen LogP contribution in [0.25, 0.3) is 0 Å². The number of methoxy groups -OCH3 is 2. The quantitative estimate of drug-likeness (QED) is 0.358. The van der Waals surface area contributed by atoms with Crippen molar-refractivity contribution in [3.63, 3.8) is 0 Å². The lowest BCUT2D eigenvalue weighted by Crippen LogP contribution is -2.22. The van der Waals surface area contributed by atoms with Gasteiger partial charge in [0.15, 0.2) is 11.0 Å². The second kappa shape index (κ2) is 12.0. The highest BCUT2D eigenvalue weighted by molar-refractivity contribution is 7.90. The third-order valence-electron chi connectivity index (χ3n) is 5.82. The number of hydrogen-bond donors (Lipinski definition) is 0. The fourth-order valence-electron chi connectivity index (χ4n) is 4.34. The molecular formula is C26H33O6P. The maximum atomic E-state index is 14.2. The zero-order valence-electron chi connectivity index (χ0n) is 19.9. The molecule has 0 aromatic heterocycles. The minimum absolute atomic E-state index is 0.00692. The second-order valence-electron chi connectivity index (χ2n) is 7.80. The van der Waals surface area contributed by atoms with Crippen LogP contribution in [0.3, 0.4) is 0 Å². The van der Waals surface area contributed by atoms with Gasteiger partial charge in [-0.15, -0.1) is 0 Å². The Morgan fingerprint density at radius 1 is 0.758 bits per heavy atom. The number of carbonyl (C=O) groups is 2. The average Bonchev–Trinajstić information content (AvgIpc) is 2.84. The van der Waals surface area contributed by atoms with Crippen LogP contribution in [0.4, 0.5) is 0 Å². The Balaban J connectivity index is 2.16. The fraction of sp³-hybridized carbons (Fsp3) is 0.462. The number of benzene rings is 2. The summed E-state index contributed by atoms with van der Waals surface area (Å²) in [4.78, 5) is 28.3. The fourth-order valence-corrected chi connectivity index (χ4v) is 6.99. The molecule has 6 nitrogen and oxygen atoms in total. The van der Waals surface area contributed by atoms with Gasteiger partial charge in [0, 0.05) is 7.92 Å². The van der Waals surface area contributed by atoms with Crippen molar-refractivity contribution in [3.05, 3.63) is 47.5 Å². The first-order chi connectivity index (χ1) is 16.1. The Morgan fingerprint density at radius 3 is 1.61 bits per heavy atom. The Hall–Kier alpha value is -2.59. The second-order valence-corrected chi connectivity index (χ2v) is 10.1. The molecule has 0 bridgehead atoms. The minimum atomic E-state index is -1.75. The number of carbonyl (C=O) groups excluding carboxylic acids is 2. The Bertz CT molecular complexity index is 921. The first-order valence-electron chi connectivity index (χ1n) is 11.5. The van der Waals surface area contributed by atoms with Crippen LogP contribution >= 0.6 is 7.92 Å². The lowest BCUT2D eigenvalue weighted by Gasteiger charge is -2.30. The number of hydrogen-bond acceptors (Lipinski definition) is 6. The van der Waals surface area contributed by atoms with Gasteiger partial charge < -0.3 is 18.9 Å². The smallest absolute Gasteiger partial charge is 0.199 e. The van der Waals surface area contributed by atoms with Gasteiger partial charge in [-0.2, -0.15) is 0 Å². The van der Waals surface area contributed by atoms with Gasteiger partial charge in [0.1, 0.15) is 34.1 Å². The van der Waals surface area contributed by atoms with Crippen LogP contribution in [0.2, 0.25) is 0 Å². The van der Waals surface area contributed by atoms with Crippen molar-refractivity contribution in [2.75, 3.05) is 27.4 Å². The zero-order chi connectivity index (χ0) is 23.8. The summed E-state index contributed by atoms with van der Waals surface area (Å²) in [6.07, 6.45) is 4.85. The van der Waals surface area contributed by atoms with Gasteiger partial charge in [-0.25, -0.2) is 0 Å². The van der Waals surface area contributed by atoms with Gasteiger partial charge in [0.05, 0.1) is 27.4 Å². The molecule has 1 aliphatic carbocycles. The molecule has 1 saturated carbocycles. The van der Waals surface area contributed by atoms with E-state index in [0.29, 0.717) is 47.3 Å². The maximum Gasteiger partial charge on any atom is 0.199 e. The van der Waals surface area contributed by atoms with Gasteiger partial charge in [0.2, 0.25) is 0 Å². The van der Waals surface area contributed by atoms with Crippen LogP contribution in [0.5, 0.6) is 23.0 Å². The minimum Gasteiger partial charge on any atom is -0.496 e. The summed E-state index contributed by atoms with van der Waals surface area (Å²) in [6.45, 7) is 4.56. The predicted molar refractivity (Wildman–Crippen MR) is 131 cm³/mol. The maximum absolute atomic E-state index is 14.2. The third kappa shape index (κ3) is 5.50. The van der Waals surface area contributed by atoms with Gasteiger partial charge in [-0.1, -0.05) is 31.4 Å². The molecule has 1 unspecified atom stereocenters. The highest BCUT2D eigenvalue weighted by Gasteiger charge is 2.40. The Morgan fingerprint density at radius 2 is 1.18 bits per heavy atom. The lowest BCUT2D eigenvalue weighted by molar-refractivity contribution is 0.104. The molecule has 7 heteroatoms. The van der Waals surface area contributed by atoms with Crippen molar-refractivity contribution in [2.24, 2.45) is 0 Å². The van der Waals surface area contributed by atoms with Crippen LogP contribution in [0.15, 0.2) is 36.4 Å². The van der Waals surface area contributed by atoms with Crippen molar-refractivity contribution >= 4 is 19.0 Å². The van der Waals surface area contributed by atoms with E-state index in [-0.39, 0.29) is 16.7 Å². The van der Waals surface area contributed by atoms with Crippen molar-refractivity contribution in [1.29, 1.82) is 0 Å². The summed E-state index contributed by atoms with van der Waals surface area (Å²) < 4.78 is 22.6. The molecule has 0 amide bonds. The topological polar surface area (TPSA) is 71.1 Å². The van der Waals surface area contributed by atoms with Crippen LogP contribution in [-0.4, -0.2) is 44.1 Å². The van der Waals surface area contributed by atoms with E-state index in [9.17, 15) is 9.59 Å². The predicted octanol–water partition coefficient (Wildman–Crippen LogP) is 6.30. The average molecular weight is 473 g/mol. The van der Waals surface area contributed by atoms with E-state index in [0.717, 1.165) is 32.1 Å². The zero-order valence-corrected chi connectivity index (χ0v) is 20.8. The molecule has 0 saturated heterocycles. The molecule has 33 heavy (non-hydrogen) atoms. The van der Waals surface area contributed by atoms with E-state index in [1.54, 1.807) is 36.4 Å². The Kier molecular flexibility index (Phi) is 9.13. The SMILES string of the molecule is CCOc1cccc(OCC)c1C(=O)P(C(=O)c1c(OC)cccc1OC)C1CCCCC1. The summed E-state index contributed by atoms with van der Waals surface area (Å²) in [6, 6.07) is 10.6. The van der Waals surface area contributed by atoms with Crippen molar-refractivity contribution in [2.45, 2.75) is 51.6 Å². The molecule has 1 fully saturated rings. The van der Waals surface area contributed by atoms with Gasteiger partial charge in [0.25, 0.3) is 0 Å². The molecule has 1 atom stereocenters. The standard InChI is InChI=1S/C26H33O6P/c1-5-31-21-16-11-17-22(32-6-2)24(21)26(28)33(18-12-8-7-9-13-18)25(27)23-19(29-3)14-10-15-20(23)30-4/h10-11,14-18H,5-9,12-13H2,1-4H3. The molecule has 178 valence electrons. The summed E-state index contributed by atoms with van der Waals surface area (Å²) >= 11 is 0. The van der Waals surface area contributed by atoms with E-state index in [2.05, 4.69) is 0 Å². The number of rotatable bonds is 11. The summed E-state index contributed by atoms with van der Waals surface area (Å²) in [5.41, 5.74) is 0.263. The molecule has 2 aromatic rings. The van der Waals surface area contributed by atoms with Crippen LogP contribution in [0, 0.1) is 0 Å². The summed E-state index contributed by atoms with van der Waals surface area (Å²) in [5, 5.41) is 0. The molecule has 0 radical (unpaired) electrons. The van der Waals surface area contributed by atoms with Gasteiger partial charge >= 0.3 is 0 Å². The molecule has 0 aliphatic heterocycles. The molecule has 3 rings (SSSR count). The molecule has 2 aromatic carbocycles. The van der Waals surface area contributed by atoms with Crippen molar-refractivity contribution < 1.29 is 28.5 Å². The third-order valence-corrected chi connectivity index (χ3v) is 8.39. The highest BCUT2D eigenvalue weighted by Crippen LogP contribution is 2.56. The van der Waals surface area contributed by atoms with E-state index < -0.39 is 7.92 Å². The molecule has 0 spiro atoms. The van der Waals surface area contributed by atoms with Crippen LogP contribution < -0.4 is 18.9 Å². The van der Waals surface area contributed by atoms with Crippen LogP contribution in [-0.2, 0) is 0 Å². The Labute approximate surface area is 197 Å². The first-order valence-corrected chi connectivity index (χ1v) is 13.0. The van der Waals surface area contributed by atoms with E-state index in [4.69, 9.17) is 18.9 Å². The van der Waals surface area contributed by atoms with Gasteiger partial charge in [-0.3, -0.25) is 9.59 Å². The lowest BCUT2D eigenvalue weighted by atomic mass is 10.0. The van der Waals surface area contributed by atoms with Crippen molar-refractivity contribution in [3.8, 4) is 23.0 Å². The molecular weight excluding hydrogens is 439 g/mol. The molecule has 0 heterocycles. The van der Waals surface area contributed by atoms with E-state index in [1.165, 1.54) is 14.2 Å². The normalized spacial score (nSPS) is 14.9. The van der Waals surface area contributed by atoms with Gasteiger partial charge in [-0.05, 0) is 56.6 Å². The van der Waals surface area contributed by atoms with Crippen molar-refractivity contribution in [1.82, 2.24) is 0 Å². The number of ether oxygens (including phenoxy) is 4. The monoisotopic (exact) mass is 472 g/mol. The van der Waals surface area contributed by atoms with E-state index in [1.807, 2.05) is 13.8 Å². The summed E-state index contributed by atoms with van der Waals surface area (Å²) in [5.74, 6) is 1.74. The summed E-state index contributed by atoms with van der Waals surface area (Å²) in [7, 11) is 1.29. The van der Waals surface area contributed by atoms with E-state index >= 15 is 0 Å². The molecule has 0 N–H and O–H groups in total. The van der Waals surface area contributed by atoms with Crippen LogP contribution in [0.1, 0.15) is 66.7 Å². The first kappa shape index (κ1) is 25.0. The largest absolute Gasteiger partial charge is 0.496 e. The highest BCUT2D eigenvalue weighted by atomic mass is 31.1.